The van der Waals surface area contributed by atoms with Gasteiger partial charge in [0.25, 0.3) is 0 Å². The Labute approximate surface area is 53.6 Å². The van der Waals surface area contributed by atoms with Crippen molar-refractivity contribution in [2.45, 2.75) is 0 Å². The van der Waals surface area contributed by atoms with E-state index in [1.165, 1.54) is 11.9 Å². The Bertz CT molecular complexity index is 195. The van der Waals surface area contributed by atoms with Crippen molar-refractivity contribution in [3.8, 4) is 5.75 Å². The Hall–Kier alpha value is -0.560. The van der Waals surface area contributed by atoms with Gasteiger partial charge >= 0.3 is 52.6 Å². The summed E-state index contributed by atoms with van der Waals surface area (Å²) in [6.45, 7) is -0.171. The number of carboxylic acid groups (broad SMARTS) is 1. The number of carboxylic acids is 1. The topological polar surface area (TPSA) is 57.6 Å². The molecule has 0 unspecified atom stereocenters. The fourth-order valence-corrected chi connectivity index (χ4v) is 0.518. The third-order valence-corrected chi connectivity index (χ3v) is 1.01. The molecule has 1 N–H and O–H groups in total. The summed E-state index contributed by atoms with van der Waals surface area (Å²) < 4.78 is 9.75. The van der Waals surface area contributed by atoms with Gasteiger partial charge in [-0.25, -0.2) is 0 Å². The van der Waals surface area contributed by atoms with Gasteiger partial charge in [0.15, 0.2) is 0 Å². The molecule has 9 heavy (non-hydrogen) atoms. The normalized spacial score (nSPS) is 8.67. The monoisotopic (exact) mass is 147 g/mol. The molecule has 0 heterocycles. The molecule has 0 saturated carbocycles. The Morgan fingerprint density at radius 1 is 1.89 bits per heavy atom. The molecule has 4 nitrogen and oxygen atoms in total. The molecule has 0 aromatic rings. The van der Waals surface area contributed by atoms with Gasteiger partial charge in [0.1, 0.15) is 0 Å². The van der Waals surface area contributed by atoms with Gasteiger partial charge in [-0.3, -0.25) is 0 Å². The average molecular weight is 147 g/mol. The van der Waals surface area contributed by atoms with E-state index in [2.05, 4.69) is 5.75 Å². The van der Waals surface area contributed by atoms with Crippen LogP contribution in [0.4, 0.5) is 0 Å². The predicted molar refractivity (Wildman–Crippen MR) is 31.8 cm³/mol. The average Bonchev–Trinajstić information content (AvgIpc) is 1.63. The van der Waals surface area contributed by atoms with Crippen LogP contribution in [0.2, 0.25) is 0 Å². The molecule has 0 aliphatic rings. The first-order valence-corrected chi connectivity index (χ1v) is 2.99. The molecule has 0 fully saturated rings. The van der Waals surface area contributed by atoms with Crippen LogP contribution in [0.3, 0.4) is 0 Å². The van der Waals surface area contributed by atoms with E-state index in [0.717, 1.165) is 0 Å². The Morgan fingerprint density at radius 2 is 2.44 bits per heavy atom. The van der Waals surface area contributed by atoms with Crippen LogP contribution in [0.5, 0.6) is 0 Å². The van der Waals surface area contributed by atoms with Gasteiger partial charge in [0.05, 0.1) is 0 Å². The zero-order valence-corrected chi connectivity index (χ0v) is 5.76. The fourth-order valence-electron chi connectivity index (χ4n) is 0.308. The van der Waals surface area contributed by atoms with Gasteiger partial charge in [-0.15, -0.1) is 0 Å². The van der Waals surface area contributed by atoms with Crippen molar-refractivity contribution in [3.05, 3.63) is 0 Å². The van der Waals surface area contributed by atoms with Gasteiger partial charge in [0.2, 0.25) is 0 Å². The van der Waals surface area contributed by atoms with Gasteiger partial charge in [-0.05, 0) is 0 Å². The number of likely N-dealkylation sites (N-methyl/N-ethyl adjacent to an activating group) is 1. The fraction of sp³-hybridized carbons (Fsp3) is 0.500. The van der Waals surface area contributed by atoms with Gasteiger partial charge in [-0.2, -0.15) is 0 Å². The summed E-state index contributed by atoms with van der Waals surface area (Å²) in [5.74, 6) is 1.28. The standard InChI is InChI=1S/C4H6NO3P/c1-5(3-9-8)2-4(6)7/h2H2,1H3,(H,6,7). The van der Waals surface area contributed by atoms with Crippen LogP contribution < -0.4 is 0 Å². The zero-order valence-electron chi connectivity index (χ0n) is 4.87. The second kappa shape index (κ2) is 4.33. The number of rotatable bonds is 2. The summed E-state index contributed by atoms with van der Waals surface area (Å²) in [6, 6.07) is 0. The van der Waals surface area contributed by atoms with Crippen LogP contribution in [-0.4, -0.2) is 29.6 Å². The maximum absolute atomic E-state index is 9.90. The Balaban J connectivity index is 3.72. The molecule has 5 heteroatoms. The van der Waals surface area contributed by atoms with E-state index in [0.29, 0.717) is 0 Å². The Morgan fingerprint density at radius 3 is 2.78 bits per heavy atom. The van der Waals surface area contributed by atoms with Crippen molar-refractivity contribution in [3.63, 3.8) is 0 Å². The zero-order chi connectivity index (χ0) is 7.28. The minimum atomic E-state index is -0.964. The molecule has 0 amide bonds. The molecule has 0 spiro atoms. The number of nitrogens with zero attached hydrogens (tertiary/aromatic N) is 1. The molecule has 0 aliphatic heterocycles. The number of hydrogen-bond donors (Lipinski definition) is 1. The van der Waals surface area contributed by atoms with E-state index >= 15 is 0 Å². The van der Waals surface area contributed by atoms with Crippen LogP contribution in [0.1, 0.15) is 0 Å². The second-order valence-electron chi connectivity index (χ2n) is 1.44. The maximum atomic E-state index is 9.90. The van der Waals surface area contributed by atoms with Crippen molar-refractivity contribution in [1.82, 2.24) is 4.90 Å². The van der Waals surface area contributed by atoms with Crippen molar-refractivity contribution in [2.24, 2.45) is 0 Å². The number of carbonyl (C=O) groups is 1. The van der Waals surface area contributed by atoms with Crippen molar-refractivity contribution in [2.75, 3.05) is 13.6 Å². The molecule has 0 bridgehead atoms. The summed E-state index contributed by atoms with van der Waals surface area (Å²) in [5, 5.41) is 8.12. The molecule has 0 aliphatic carbocycles. The number of aliphatic carboxylic acids is 1. The van der Waals surface area contributed by atoms with Gasteiger partial charge in [-0.1, -0.05) is 0 Å². The van der Waals surface area contributed by atoms with Crippen LogP contribution in [0.15, 0.2) is 0 Å². The van der Waals surface area contributed by atoms with E-state index in [1.807, 2.05) is 0 Å². The second-order valence-corrected chi connectivity index (χ2v) is 1.82. The van der Waals surface area contributed by atoms with E-state index in [1.54, 1.807) is 0 Å². The van der Waals surface area contributed by atoms with E-state index in [4.69, 9.17) is 5.11 Å². The van der Waals surface area contributed by atoms with Crippen molar-refractivity contribution >= 4 is 13.9 Å². The first-order valence-electron chi connectivity index (χ1n) is 2.17. The van der Waals surface area contributed by atoms with E-state index in [9.17, 15) is 9.36 Å². The third kappa shape index (κ3) is 5.31. The molecule has 0 aromatic carbocycles. The number of hydrogen-bond acceptors (Lipinski definition) is 3. The summed E-state index contributed by atoms with van der Waals surface area (Å²) in [7, 11) is 1.19. The first kappa shape index (κ1) is 8.44. The SMILES string of the molecule is CN(C#P=O)CC(=O)O. The van der Waals surface area contributed by atoms with Crippen molar-refractivity contribution < 1.29 is 14.5 Å². The molecule has 50 valence electrons. The molecule has 0 atom stereocenters. The molecule has 0 radical (unpaired) electrons. The third-order valence-electron chi connectivity index (χ3n) is 0.584. The summed E-state index contributed by atoms with van der Waals surface area (Å²) in [4.78, 5) is 11.1. The summed E-state index contributed by atoms with van der Waals surface area (Å²) in [5.41, 5.74) is 0. The molecule has 0 saturated heterocycles. The summed E-state index contributed by atoms with van der Waals surface area (Å²) in [6.07, 6.45) is 0. The van der Waals surface area contributed by atoms with E-state index < -0.39 is 5.97 Å². The van der Waals surface area contributed by atoms with E-state index in [-0.39, 0.29) is 14.5 Å². The quantitative estimate of drug-likeness (QED) is 0.448. The first-order chi connectivity index (χ1) is 4.16. The van der Waals surface area contributed by atoms with Crippen LogP contribution >= 0.6 is 7.92 Å². The summed E-state index contributed by atoms with van der Waals surface area (Å²) >= 11 is 0. The molecule has 0 rings (SSSR count). The minimum absolute atomic E-state index is 0.171. The van der Waals surface area contributed by atoms with Crippen molar-refractivity contribution in [1.29, 1.82) is 0 Å². The van der Waals surface area contributed by atoms with Crippen LogP contribution in [0, 0.1) is 5.75 Å². The molecular weight excluding hydrogens is 141 g/mol. The van der Waals surface area contributed by atoms with Crippen LogP contribution in [0.25, 0.3) is 0 Å². The molecular formula is C4H6NO3P. The van der Waals surface area contributed by atoms with Crippen LogP contribution in [-0.2, 0) is 9.36 Å². The molecule has 0 aromatic heterocycles. The predicted octanol–water partition coefficient (Wildman–Crippen LogP) is 0.211. The van der Waals surface area contributed by atoms with Gasteiger partial charge in [0, 0.05) is 0 Å². The van der Waals surface area contributed by atoms with Gasteiger partial charge < -0.3 is 0 Å². The Kier molecular flexibility index (Phi) is 4.06.